The maximum Gasteiger partial charge on any atom is 0.265 e. The highest BCUT2D eigenvalue weighted by Gasteiger charge is 2.18. The molecule has 1 amide bonds. The van der Waals surface area contributed by atoms with E-state index in [9.17, 15) is 9.18 Å². The number of aromatic nitrogens is 3. The number of benzene rings is 1. The molecule has 0 aliphatic heterocycles. The first kappa shape index (κ1) is 16.9. The van der Waals surface area contributed by atoms with E-state index in [0.29, 0.717) is 38.9 Å². The van der Waals surface area contributed by atoms with Crippen molar-refractivity contribution in [3.05, 3.63) is 52.9 Å². The summed E-state index contributed by atoms with van der Waals surface area (Å²) in [7, 11) is 1.74. The van der Waals surface area contributed by atoms with Crippen molar-refractivity contribution in [3.63, 3.8) is 0 Å². The van der Waals surface area contributed by atoms with Gasteiger partial charge in [-0.15, -0.1) is 0 Å². The summed E-state index contributed by atoms with van der Waals surface area (Å²) in [5.41, 5.74) is 8.29. The molecule has 0 bridgehead atoms. The van der Waals surface area contributed by atoms with Crippen LogP contribution in [0.4, 0.5) is 10.2 Å². The predicted octanol–water partition coefficient (Wildman–Crippen LogP) is 3.40. The Balaban J connectivity index is 2.17. The van der Waals surface area contributed by atoms with Crippen LogP contribution in [0.3, 0.4) is 0 Å². The third-order valence-corrected chi connectivity index (χ3v) is 4.07. The number of hydrogen-bond donors (Lipinski definition) is 3. The zero-order chi connectivity index (χ0) is 18.0. The molecule has 2 aromatic heterocycles. The molecule has 0 aliphatic carbocycles. The van der Waals surface area contributed by atoms with Crippen molar-refractivity contribution in [1.82, 2.24) is 15.0 Å². The molecular formula is C17H15ClFN5O. The molecule has 1 aromatic carbocycles. The van der Waals surface area contributed by atoms with Crippen molar-refractivity contribution in [2.45, 2.75) is 6.67 Å². The number of nitrogens with one attached hydrogen (secondary N) is 2. The Kier molecular flexibility index (Phi) is 4.67. The number of amides is 1. The lowest BCUT2D eigenvalue weighted by Gasteiger charge is -2.06. The molecule has 0 aliphatic rings. The van der Waals surface area contributed by atoms with Crippen molar-refractivity contribution in [2.24, 2.45) is 5.73 Å². The first-order valence-electron chi connectivity index (χ1n) is 7.41. The summed E-state index contributed by atoms with van der Waals surface area (Å²) in [6.45, 7) is -0.634. The number of anilines is 1. The molecule has 0 spiro atoms. The van der Waals surface area contributed by atoms with E-state index in [1.165, 1.54) is 6.33 Å². The number of nitrogens with two attached hydrogens (primary N) is 1. The van der Waals surface area contributed by atoms with Gasteiger partial charge in [-0.1, -0.05) is 17.7 Å². The number of primary amides is 1. The molecule has 3 aromatic rings. The minimum atomic E-state index is -0.647. The fourth-order valence-electron chi connectivity index (χ4n) is 2.50. The predicted molar refractivity (Wildman–Crippen MR) is 95.1 cm³/mol. The lowest BCUT2D eigenvalue weighted by molar-refractivity contribution is 0.0997. The SMILES string of the molecule is CNc1cc(-c2cc(-c3cc(CF)ccc3Cl)c(C(N)=O)[nH]2)ncn1. The van der Waals surface area contributed by atoms with Gasteiger partial charge in [0, 0.05) is 29.3 Å². The van der Waals surface area contributed by atoms with E-state index in [4.69, 9.17) is 17.3 Å². The lowest BCUT2D eigenvalue weighted by Crippen LogP contribution is -2.12. The van der Waals surface area contributed by atoms with Gasteiger partial charge in [0.25, 0.3) is 5.91 Å². The van der Waals surface area contributed by atoms with E-state index >= 15 is 0 Å². The largest absolute Gasteiger partial charge is 0.373 e. The van der Waals surface area contributed by atoms with Gasteiger partial charge < -0.3 is 16.0 Å². The molecular weight excluding hydrogens is 345 g/mol. The van der Waals surface area contributed by atoms with E-state index in [-0.39, 0.29) is 5.69 Å². The number of alkyl halides is 1. The van der Waals surface area contributed by atoms with Gasteiger partial charge >= 0.3 is 0 Å². The molecule has 4 N–H and O–H groups in total. The number of carbonyl (C=O) groups excluding carboxylic acids is 1. The summed E-state index contributed by atoms with van der Waals surface area (Å²) in [5, 5.41) is 3.31. The number of aromatic amines is 1. The first-order chi connectivity index (χ1) is 12.0. The molecule has 6 nitrogen and oxygen atoms in total. The molecule has 0 atom stereocenters. The molecule has 0 saturated carbocycles. The third kappa shape index (κ3) is 3.32. The fraction of sp³-hybridized carbons (Fsp3) is 0.118. The average Bonchev–Trinajstić information content (AvgIpc) is 3.07. The summed E-state index contributed by atoms with van der Waals surface area (Å²) in [6, 6.07) is 8.21. The van der Waals surface area contributed by atoms with E-state index < -0.39 is 12.6 Å². The van der Waals surface area contributed by atoms with Gasteiger partial charge in [-0.25, -0.2) is 14.4 Å². The Hall–Kier alpha value is -2.93. The van der Waals surface area contributed by atoms with Crippen LogP contribution in [0.2, 0.25) is 5.02 Å². The number of halogens is 2. The number of rotatable bonds is 5. The van der Waals surface area contributed by atoms with Crippen molar-refractivity contribution in [1.29, 1.82) is 0 Å². The van der Waals surface area contributed by atoms with Crippen LogP contribution in [0.5, 0.6) is 0 Å². The molecule has 8 heteroatoms. The summed E-state index contributed by atoms with van der Waals surface area (Å²) >= 11 is 6.24. The minimum absolute atomic E-state index is 0.178. The van der Waals surface area contributed by atoms with E-state index in [1.54, 1.807) is 37.4 Å². The van der Waals surface area contributed by atoms with E-state index in [0.717, 1.165) is 0 Å². The minimum Gasteiger partial charge on any atom is -0.373 e. The molecule has 0 fully saturated rings. The van der Waals surface area contributed by atoms with Crippen molar-refractivity contribution >= 4 is 23.3 Å². The molecule has 0 saturated heterocycles. The fourth-order valence-corrected chi connectivity index (χ4v) is 2.72. The van der Waals surface area contributed by atoms with Crippen molar-refractivity contribution in [2.75, 3.05) is 12.4 Å². The van der Waals surface area contributed by atoms with E-state index in [2.05, 4.69) is 20.3 Å². The average molecular weight is 360 g/mol. The molecule has 2 heterocycles. The van der Waals surface area contributed by atoms with Crippen LogP contribution in [-0.2, 0) is 6.67 Å². The third-order valence-electron chi connectivity index (χ3n) is 3.74. The molecule has 0 radical (unpaired) electrons. The standard InChI is InChI=1S/C17H15ClFN5O/c1-21-15-6-13(22-8-23-15)14-5-11(16(24-14)17(20)25)10-4-9(7-19)2-3-12(10)18/h2-6,8,24H,7H2,1H3,(H2,20,25)(H,21,22,23). The Bertz CT molecular complexity index is 941. The highest BCUT2D eigenvalue weighted by atomic mass is 35.5. The van der Waals surface area contributed by atoms with Crippen LogP contribution in [-0.4, -0.2) is 27.9 Å². The summed E-state index contributed by atoms with van der Waals surface area (Å²) in [4.78, 5) is 23.1. The van der Waals surface area contributed by atoms with Crippen LogP contribution in [0.1, 0.15) is 16.1 Å². The van der Waals surface area contributed by atoms with Gasteiger partial charge in [0.1, 0.15) is 24.5 Å². The van der Waals surface area contributed by atoms with Crippen LogP contribution in [0, 0.1) is 0 Å². The monoisotopic (exact) mass is 359 g/mol. The Morgan fingerprint density at radius 2 is 2.08 bits per heavy atom. The Morgan fingerprint density at radius 3 is 2.76 bits per heavy atom. The second kappa shape index (κ2) is 6.90. The van der Waals surface area contributed by atoms with Crippen LogP contribution >= 0.6 is 11.6 Å². The number of nitrogens with zero attached hydrogens (tertiary/aromatic N) is 2. The molecule has 25 heavy (non-hydrogen) atoms. The smallest absolute Gasteiger partial charge is 0.265 e. The lowest BCUT2D eigenvalue weighted by atomic mass is 10.0. The molecule has 0 unspecified atom stereocenters. The van der Waals surface area contributed by atoms with Gasteiger partial charge in [0.05, 0.1) is 11.4 Å². The number of H-pyrrole nitrogens is 1. The maximum atomic E-state index is 13.0. The van der Waals surface area contributed by atoms with Gasteiger partial charge in [-0.05, 0) is 23.8 Å². The highest BCUT2D eigenvalue weighted by Crippen LogP contribution is 2.34. The zero-order valence-electron chi connectivity index (χ0n) is 13.3. The van der Waals surface area contributed by atoms with Crippen LogP contribution in [0.25, 0.3) is 22.5 Å². The van der Waals surface area contributed by atoms with Crippen molar-refractivity contribution in [3.8, 4) is 22.5 Å². The normalized spacial score (nSPS) is 10.7. The van der Waals surface area contributed by atoms with Gasteiger partial charge in [-0.3, -0.25) is 4.79 Å². The zero-order valence-corrected chi connectivity index (χ0v) is 14.1. The number of hydrogen-bond acceptors (Lipinski definition) is 4. The summed E-state index contributed by atoms with van der Waals surface area (Å²) in [6.07, 6.45) is 1.41. The summed E-state index contributed by atoms with van der Waals surface area (Å²) < 4.78 is 13.0. The van der Waals surface area contributed by atoms with Crippen molar-refractivity contribution < 1.29 is 9.18 Å². The van der Waals surface area contributed by atoms with E-state index in [1.807, 2.05) is 0 Å². The second-order valence-electron chi connectivity index (χ2n) is 5.32. The molecule has 128 valence electrons. The highest BCUT2D eigenvalue weighted by molar-refractivity contribution is 6.33. The maximum absolute atomic E-state index is 13.0. The van der Waals surface area contributed by atoms with Crippen LogP contribution < -0.4 is 11.1 Å². The number of carbonyl (C=O) groups is 1. The first-order valence-corrected chi connectivity index (χ1v) is 7.79. The molecule has 3 rings (SSSR count). The quantitative estimate of drug-likeness (QED) is 0.650. The van der Waals surface area contributed by atoms with Gasteiger partial charge in [0.15, 0.2) is 0 Å². The summed E-state index contributed by atoms with van der Waals surface area (Å²) in [5.74, 6) is -0.0231. The Labute approximate surface area is 148 Å². The second-order valence-corrected chi connectivity index (χ2v) is 5.73. The van der Waals surface area contributed by atoms with Crippen LogP contribution in [0.15, 0.2) is 36.7 Å². The topological polar surface area (TPSA) is 96.7 Å². The van der Waals surface area contributed by atoms with Gasteiger partial charge in [-0.2, -0.15) is 0 Å². The van der Waals surface area contributed by atoms with Gasteiger partial charge in [0.2, 0.25) is 0 Å². The Morgan fingerprint density at radius 1 is 1.28 bits per heavy atom.